The second-order valence-electron chi connectivity index (χ2n) is 5.87. The van der Waals surface area contributed by atoms with Crippen LogP contribution in [0.3, 0.4) is 0 Å². The van der Waals surface area contributed by atoms with Gasteiger partial charge in [0.25, 0.3) is 0 Å². The summed E-state index contributed by atoms with van der Waals surface area (Å²) in [4.78, 5) is 20.4. The molecule has 1 aliphatic rings. The molecule has 1 N–H and O–H groups in total. The summed E-state index contributed by atoms with van der Waals surface area (Å²) in [6.45, 7) is 6.55. The lowest BCUT2D eigenvalue weighted by atomic mass is 9.96. The van der Waals surface area contributed by atoms with Crippen molar-refractivity contribution in [3.8, 4) is 0 Å². The van der Waals surface area contributed by atoms with Crippen molar-refractivity contribution in [3.63, 3.8) is 0 Å². The van der Waals surface area contributed by atoms with Gasteiger partial charge in [0.15, 0.2) is 0 Å². The molecule has 0 aliphatic carbocycles. The predicted molar refractivity (Wildman–Crippen MR) is 82.3 cm³/mol. The van der Waals surface area contributed by atoms with Crippen molar-refractivity contribution in [2.24, 2.45) is 0 Å². The van der Waals surface area contributed by atoms with Gasteiger partial charge in [0.2, 0.25) is 5.91 Å². The summed E-state index contributed by atoms with van der Waals surface area (Å²) in [6.07, 6.45) is 4.30. The van der Waals surface area contributed by atoms with Crippen molar-refractivity contribution in [2.45, 2.75) is 52.6 Å². The Bertz CT molecular complexity index is 707. The number of aromatic nitrogens is 4. The minimum atomic E-state index is 0.0772. The molecule has 1 atom stereocenters. The number of nitrogens with one attached hydrogen (secondary N) is 1. The van der Waals surface area contributed by atoms with E-state index < -0.39 is 0 Å². The first-order chi connectivity index (χ1) is 10.5. The van der Waals surface area contributed by atoms with Crippen molar-refractivity contribution >= 4 is 5.91 Å². The van der Waals surface area contributed by atoms with Crippen LogP contribution in [0, 0.1) is 20.8 Å². The highest BCUT2D eigenvalue weighted by Gasteiger charge is 2.25. The zero-order valence-electron chi connectivity index (χ0n) is 13.3. The van der Waals surface area contributed by atoms with Crippen molar-refractivity contribution in [1.29, 1.82) is 0 Å². The number of rotatable bonds is 3. The number of amides is 1. The average Bonchev–Trinajstić information content (AvgIpc) is 2.73. The molecule has 1 amide bonds. The van der Waals surface area contributed by atoms with E-state index in [-0.39, 0.29) is 11.9 Å². The molecule has 0 spiro atoms. The third-order valence-electron chi connectivity index (χ3n) is 4.15. The lowest BCUT2D eigenvalue weighted by molar-refractivity contribution is -0.123. The van der Waals surface area contributed by atoms with Crippen LogP contribution >= 0.6 is 0 Å². The molecule has 0 radical (unpaired) electrons. The van der Waals surface area contributed by atoms with Crippen molar-refractivity contribution in [3.05, 3.63) is 40.7 Å². The van der Waals surface area contributed by atoms with E-state index >= 15 is 0 Å². The second kappa shape index (κ2) is 5.87. The summed E-state index contributed by atoms with van der Waals surface area (Å²) >= 11 is 0. The SMILES string of the molecule is Cc1ccnc(Cn2nc(C)c(C3CCCC(=O)N3)c2C)n1. The quantitative estimate of drug-likeness (QED) is 0.940. The molecule has 0 aromatic carbocycles. The minimum Gasteiger partial charge on any atom is -0.349 e. The summed E-state index contributed by atoms with van der Waals surface area (Å²) in [6, 6.07) is 1.96. The predicted octanol–water partition coefficient (Wildman–Crippen LogP) is 1.99. The Balaban J connectivity index is 1.88. The first-order valence-corrected chi connectivity index (χ1v) is 7.66. The van der Waals surface area contributed by atoms with Gasteiger partial charge in [0.1, 0.15) is 12.4 Å². The molecule has 1 saturated heterocycles. The maximum absolute atomic E-state index is 11.6. The molecule has 0 saturated carbocycles. The Kier molecular flexibility index (Phi) is 3.92. The van der Waals surface area contributed by atoms with Gasteiger partial charge in [-0.05, 0) is 39.7 Å². The smallest absolute Gasteiger partial charge is 0.220 e. The molecule has 1 unspecified atom stereocenters. The number of carbonyl (C=O) groups excluding carboxylic acids is 1. The lowest BCUT2D eigenvalue weighted by Gasteiger charge is -2.23. The standard InChI is InChI=1S/C16H21N5O/c1-10-7-8-17-14(18-10)9-21-12(3)16(11(2)20-21)13-5-4-6-15(22)19-13/h7-8,13H,4-6,9H2,1-3H3,(H,19,22). The molecule has 6 nitrogen and oxygen atoms in total. The highest BCUT2D eigenvalue weighted by Crippen LogP contribution is 2.28. The number of hydrogen-bond donors (Lipinski definition) is 1. The number of hydrogen-bond acceptors (Lipinski definition) is 4. The zero-order chi connectivity index (χ0) is 15.7. The van der Waals surface area contributed by atoms with E-state index in [1.165, 1.54) is 0 Å². The summed E-state index contributed by atoms with van der Waals surface area (Å²) in [5.41, 5.74) is 4.14. The summed E-state index contributed by atoms with van der Waals surface area (Å²) in [5.74, 6) is 0.884. The highest BCUT2D eigenvalue weighted by atomic mass is 16.1. The van der Waals surface area contributed by atoms with Crippen LogP contribution in [0.15, 0.2) is 12.3 Å². The van der Waals surface area contributed by atoms with E-state index in [1.807, 2.05) is 31.5 Å². The van der Waals surface area contributed by atoms with Gasteiger partial charge < -0.3 is 5.32 Å². The largest absolute Gasteiger partial charge is 0.349 e. The normalized spacial score (nSPS) is 18.3. The number of piperidine rings is 1. The molecule has 3 rings (SSSR count). The van der Waals surface area contributed by atoms with Crippen LogP contribution < -0.4 is 5.32 Å². The van der Waals surface area contributed by atoms with Gasteiger partial charge in [-0.3, -0.25) is 9.48 Å². The number of aryl methyl sites for hydroxylation is 2. The van der Waals surface area contributed by atoms with E-state index in [1.54, 1.807) is 6.20 Å². The van der Waals surface area contributed by atoms with E-state index in [4.69, 9.17) is 0 Å². The van der Waals surface area contributed by atoms with Gasteiger partial charge in [-0.15, -0.1) is 0 Å². The van der Waals surface area contributed by atoms with Gasteiger partial charge in [-0.25, -0.2) is 9.97 Å². The van der Waals surface area contributed by atoms with Crippen molar-refractivity contribution in [2.75, 3.05) is 0 Å². The van der Waals surface area contributed by atoms with Crippen LogP contribution in [0.1, 0.15) is 53.8 Å². The molecule has 6 heteroatoms. The third kappa shape index (κ3) is 2.86. The maximum Gasteiger partial charge on any atom is 0.220 e. The molecular formula is C16H21N5O. The van der Waals surface area contributed by atoms with E-state index in [0.29, 0.717) is 13.0 Å². The molecule has 0 bridgehead atoms. The fourth-order valence-corrected chi connectivity index (χ4v) is 3.10. The highest BCUT2D eigenvalue weighted by molar-refractivity contribution is 5.77. The van der Waals surface area contributed by atoms with Gasteiger partial charge >= 0.3 is 0 Å². The molecule has 1 fully saturated rings. The van der Waals surface area contributed by atoms with E-state index in [0.717, 1.165) is 41.3 Å². The average molecular weight is 299 g/mol. The van der Waals surface area contributed by atoms with Gasteiger partial charge in [-0.1, -0.05) is 0 Å². The molecule has 22 heavy (non-hydrogen) atoms. The molecule has 1 aliphatic heterocycles. The Hall–Kier alpha value is -2.24. The Morgan fingerprint density at radius 2 is 2.18 bits per heavy atom. The second-order valence-corrected chi connectivity index (χ2v) is 5.87. The Morgan fingerprint density at radius 3 is 2.91 bits per heavy atom. The van der Waals surface area contributed by atoms with Crippen molar-refractivity contribution in [1.82, 2.24) is 25.1 Å². The number of carbonyl (C=O) groups is 1. The van der Waals surface area contributed by atoms with Gasteiger partial charge in [0.05, 0.1) is 11.7 Å². The van der Waals surface area contributed by atoms with Gasteiger partial charge in [0, 0.05) is 29.6 Å². The van der Waals surface area contributed by atoms with E-state index in [2.05, 4.69) is 20.4 Å². The number of nitrogens with zero attached hydrogens (tertiary/aromatic N) is 4. The fourth-order valence-electron chi connectivity index (χ4n) is 3.10. The Labute approximate surface area is 130 Å². The van der Waals surface area contributed by atoms with Crippen LogP contribution in [0.5, 0.6) is 0 Å². The monoisotopic (exact) mass is 299 g/mol. The van der Waals surface area contributed by atoms with E-state index in [9.17, 15) is 4.79 Å². The van der Waals surface area contributed by atoms with Crippen LogP contribution in [-0.4, -0.2) is 25.7 Å². The Morgan fingerprint density at radius 1 is 1.36 bits per heavy atom. The zero-order valence-corrected chi connectivity index (χ0v) is 13.3. The summed E-state index contributed by atoms with van der Waals surface area (Å²) in [7, 11) is 0. The molecule has 116 valence electrons. The first kappa shape index (κ1) is 14.7. The van der Waals surface area contributed by atoms with Crippen LogP contribution in [0.2, 0.25) is 0 Å². The third-order valence-corrected chi connectivity index (χ3v) is 4.15. The molecule has 2 aromatic heterocycles. The topological polar surface area (TPSA) is 72.7 Å². The lowest BCUT2D eigenvalue weighted by Crippen LogP contribution is -2.33. The van der Waals surface area contributed by atoms with Gasteiger partial charge in [-0.2, -0.15) is 5.10 Å². The fraction of sp³-hybridized carbons (Fsp3) is 0.500. The minimum absolute atomic E-state index is 0.0772. The van der Waals surface area contributed by atoms with Crippen molar-refractivity contribution < 1.29 is 4.79 Å². The summed E-state index contributed by atoms with van der Waals surface area (Å²) in [5, 5.41) is 7.70. The summed E-state index contributed by atoms with van der Waals surface area (Å²) < 4.78 is 1.93. The molecular weight excluding hydrogens is 278 g/mol. The molecule has 2 aromatic rings. The van der Waals surface area contributed by atoms with Crippen LogP contribution in [0.4, 0.5) is 0 Å². The molecule has 3 heterocycles. The first-order valence-electron chi connectivity index (χ1n) is 7.66. The van der Waals surface area contributed by atoms with Crippen LogP contribution in [-0.2, 0) is 11.3 Å². The maximum atomic E-state index is 11.6. The van der Waals surface area contributed by atoms with Crippen LogP contribution in [0.25, 0.3) is 0 Å².